The van der Waals surface area contributed by atoms with Gasteiger partial charge in [0, 0.05) is 31.6 Å². The Hall–Kier alpha value is -2.79. The second-order valence-corrected chi connectivity index (χ2v) is 5.20. The van der Waals surface area contributed by atoms with Crippen molar-refractivity contribution in [3.05, 3.63) is 84.1 Å². The molecule has 0 aliphatic carbocycles. The molecule has 5 heteroatoms. The molecule has 2 heterocycles. The van der Waals surface area contributed by atoms with Crippen molar-refractivity contribution in [2.24, 2.45) is 0 Å². The standard InChI is InChI=1S/C18H18N4O/c23-16(15-6-9-19-10-7-15)13-21-17-8-11-20-18(22-17)12-14-4-2-1-3-5-14/h1-11,16,23H,12-13H2,(H,20,21,22)/t16-/m0/s1. The van der Waals surface area contributed by atoms with E-state index in [1.807, 2.05) is 18.2 Å². The Balaban J connectivity index is 1.61. The van der Waals surface area contributed by atoms with Crippen LogP contribution in [0.2, 0.25) is 0 Å². The van der Waals surface area contributed by atoms with Gasteiger partial charge in [0.05, 0.1) is 6.10 Å². The summed E-state index contributed by atoms with van der Waals surface area (Å²) in [6.45, 7) is 0.381. The highest BCUT2D eigenvalue weighted by Crippen LogP contribution is 2.13. The lowest BCUT2D eigenvalue weighted by Crippen LogP contribution is -2.13. The number of pyridine rings is 1. The minimum absolute atomic E-state index is 0.381. The van der Waals surface area contributed by atoms with E-state index in [0.29, 0.717) is 18.8 Å². The zero-order chi connectivity index (χ0) is 15.9. The predicted octanol–water partition coefficient (Wildman–Crippen LogP) is 2.61. The highest BCUT2D eigenvalue weighted by atomic mass is 16.3. The number of rotatable bonds is 6. The molecule has 3 aromatic rings. The van der Waals surface area contributed by atoms with Crippen LogP contribution in [0.5, 0.6) is 0 Å². The van der Waals surface area contributed by atoms with Gasteiger partial charge in [0.2, 0.25) is 0 Å². The van der Waals surface area contributed by atoms with E-state index >= 15 is 0 Å². The van der Waals surface area contributed by atoms with E-state index in [1.54, 1.807) is 36.8 Å². The number of aliphatic hydroxyl groups is 1. The van der Waals surface area contributed by atoms with E-state index in [1.165, 1.54) is 5.56 Å². The number of nitrogens with zero attached hydrogens (tertiary/aromatic N) is 3. The number of anilines is 1. The minimum atomic E-state index is -0.606. The first-order valence-corrected chi connectivity index (χ1v) is 7.49. The molecule has 0 saturated carbocycles. The Labute approximate surface area is 135 Å². The van der Waals surface area contributed by atoms with E-state index in [2.05, 4.69) is 32.4 Å². The second kappa shape index (κ2) is 7.47. The third-order valence-corrected chi connectivity index (χ3v) is 3.48. The third-order valence-electron chi connectivity index (χ3n) is 3.48. The van der Waals surface area contributed by atoms with Gasteiger partial charge >= 0.3 is 0 Å². The molecule has 5 nitrogen and oxygen atoms in total. The fourth-order valence-electron chi connectivity index (χ4n) is 2.27. The van der Waals surface area contributed by atoms with E-state index in [4.69, 9.17) is 0 Å². The van der Waals surface area contributed by atoms with Crippen LogP contribution in [0.4, 0.5) is 5.82 Å². The number of benzene rings is 1. The van der Waals surface area contributed by atoms with Crippen LogP contribution in [0.15, 0.2) is 67.1 Å². The molecule has 0 aliphatic rings. The Bertz CT molecular complexity index is 734. The number of nitrogens with one attached hydrogen (secondary N) is 1. The van der Waals surface area contributed by atoms with Crippen LogP contribution < -0.4 is 5.32 Å². The summed E-state index contributed by atoms with van der Waals surface area (Å²) < 4.78 is 0. The van der Waals surface area contributed by atoms with E-state index in [0.717, 1.165) is 11.4 Å². The lowest BCUT2D eigenvalue weighted by Gasteiger charge is -2.12. The van der Waals surface area contributed by atoms with Crippen molar-refractivity contribution in [2.45, 2.75) is 12.5 Å². The van der Waals surface area contributed by atoms with Gasteiger partial charge in [0.1, 0.15) is 11.6 Å². The highest BCUT2D eigenvalue weighted by molar-refractivity contribution is 5.34. The molecule has 0 spiro atoms. The molecular formula is C18H18N4O. The van der Waals surface area contributed by atoms with Gasteiger partial charge in [-0.05, 0) is 29.3 Å². The Kier molecular flexibility index (Phi) is 4.91. The maximum Gasteiger partial charge on any atom is 0.135 e. The summed E-state index contributed by atoms with van der Waals surface area (Å²) in [5, 5.41) is 13.3. The fraction of sp³-hybridized carbons (Fsp3) is 0.167. The first kappa shape index (κ1) is 15.1. The van der Waals surface area contributed by atoms with Crippen molar-refractivity contribution in [1.82, 2.24) is 15.0 Å². The second-order valence-electron chi connectivity index (χ2n) is 5.20. The molecule has 0 unspecified atom stereocenters. The first-order valence-electron chi connectivity index (χ1n) is 7.49. The molecule has 2 N–H and O–H groups in total. The molecule has 116 valence electrons. The van der Waals surface area contributed by atoms with Crippen LogP contribution in [0.25, 0.3) is 0 Å². The van der Waals surface area contributed by atoms with Crippen molar-refractivity contribution < 1.29 is 5.11 Å². The molecule has 0 radical (unpaired) electrons. The normalized spacial score (nSPS) is 11.9. The average molecular weight is 306 g/mol. The largest absolute Gasteiger partial charge is 0.387 e. The van der Waals surface area contributed by atoms with E-state index in [-0.39, 0.29) is 0 Å². The van der Waals surface area contributed by atoms with Gasteiger partial charge in [-0.3, -0.25) is 4.98 Å². The van der Waals surface area contributed by atoms with Gasteiger partial charge in [-0.2, -0.15) is 0 Å². The molecule has 0 fully saturated rings. The lowest BCUT2D eigenvalue weighted by molar-refractivity contribution is 0.191. The monoisotopic (exact) mass is 306 g/mol. The van der Waals surface area contributed by atoms with Crippen LogP contribution in [0.1, 0.15) is 23.1 Å². The van der Waals surface area contributed by atoms with Crippen molar-refractivity contribution in [1.29, 1.82) is 0 Å². The maximum absolute atomic E-state index is 10.2. The summed E-state index contributed by atoms with van der Waals surface area (Å²) in [6.07, 6.45) is 5.14. The van der Waals surface area contributed by atoms with E-state index in [9.17, 15) is 5.11 Å². The van der Waals surface area contributed by atoms with Crippen molar-refractivity contribution >= 4 is 5.82 Å². The molecular weight excluding hydrogens is 288 g/mol. The third kappa shape index (κ3) is 4.34. The Morgan fingerprint density at radius 3 is 2.52 bits per heavy atom. The summed E-state index contributed by atoms with van der Waals surface area (Å²) in [5.41, 5.74) is 1.99. The first-order chi connectivity index (χ1) is 11.3. The summed E-state index contributed by atoms with van der Waals surface area (Å²) in [4.78, 5) is 12.7. The minimum Gasteiger partial charge on any atom is -0.387 e. The van der Waals surface area contributed by atoms with Crippen molar-refractivity contribution in [3.8, 4) is 0 Å². The highest BCUT2D eigenvalue weighted by Gasteiger charge is 2.07. The SMILES string of the molecule is O[C@@H](CNc1ccnc(Cc2ccccc2)n1)c1ccncc1. The van der Waals surface area contributed by atoms with E-state index < -0.39 is 6.10 Å². The average Bonchev–Trinajstić information content (AvgIpc) is 2.62. The maximum atomic E-state index is 10.2. The van der Waals surface area contributed by atoms with Gasteiger partial charge in [-0.15, -0.1) is 0 Å². The number of aromatic nitrogens is 3. The quantitative estimate of drug-likeness (QED) is 0.732. The van der Waals surface area contributed by atoms with Crippen molar-refractivity contribution in [3.63, 3.8) is 0 Å². The summed E-state index contributed by atoms with van der Waals surface area (Å²) in [6, 6.07) is 15.5. The zero-order valence-corrected chi connectivity index (χ0v) is 12.6. The van der Waals surface area contributed by atoms with Gasteiger partial charge in [-0.1, -0.05) is 30.3 Å². The van der Waals surface area contributed by atoms with Crippen molar-refractivity contribution in [2.75, 3.05) is 11.9 Å². The van der Waals surface area contributed by atoms with Gasteiger partial charge in [-0.25, -0.2) is 9.97 Å². The number of hydrogen-bond acceptors (Lipinski definition) is 5. The smallest absolute Gasteiger partial charge is 0.135 e. The Morgan fingerprint density at radius 2 is 1.74 bits per heavy atom. The van der Waals surface area contributed by atoms with Gasteiger partial charge < -0.3 is 10.4 Å². The summed E-state index contributed by atoms with van der Waals surface area (Å²) in [7, 11) is 0. The molecule has 0 bridgehead atoms. The topological polar surface area (TPSA) is 70.9 Å². The summed E-state index contributed by atoms with van der Waals surface area (Å²) >= 11 is 0. The van der Waals surface area contributed by atoms with Gasteiger partial charge in [0.25, 0.3) is 0 Å². The van der Waals surface area contributed by atoms with Crippen LogP contribution in [-0.2, 0) is 6.42 Å². The van der Waals surface area contributed by atoms with Crippen LogP contribution in [0, 0.1) is 0 Å². The van der Waals surface area contributed by atoms with Crippen LogP contribution in [-0.4, -0.2) is 26.6 Å². The molecule has 23 heavy (non-hydrogen) atoms. The zero-order valence-electron chi connectivity index (χ0n) is 12.6. The molecule has 0 saturated heterocycles. The summed E-state index contributed by atoms with van der Waals surface area (Å²) in [5.74, 6) is 1.46. The van der Waals surface area contributed by atoms with Gasteiger partial charge in [0.15, 0.2) is 0 Å². The lowest BCUT2D eigenvalue weighted by atomic mass is 10.1. The molecule has 3 rings (SSSR count). The fourth-order valence-corrected chi connectivity index (χ4v) is 2.27. The molecule has 0 amide bonds. The number of aliphatic hydroxyl groups excluding tert-OH is 1. The molecule has 1 atom stereocenters. The molecule has 0 aliphatic heterocycles. The Morgan fingerprint density at radius 1 is 0.957 bits per heavy atom. The predicted molar refractivity (Wildman–Crippen MR) is 89.0 cm³/mol. The van der Waals surface area contributed by atoms with Crippen LogP contribution in [0.3, 0.4) is 0 Å². The number of hydrogen-bond donors (Lipinski definition) is 2. The molecule has 2 aromatic heterocycles. The molecule has 1 aromatic carbocycles. The van der Waals surface area contributed by atoms with Crippen LogP contribution >= 0.6 is 0 Å².